The molecule has 0 saturated carbocycles. The molecule has 5 nitrogen and oxygen atoms in total. The van der Waals surface area contributed by atoms with Crippen LogP contribution in [-0.2, 0) is 4.79 Å². The highest BCUT2D eigenvalue weighted by molar-refractivity contribution is 6.11. The van der Waals surface area contributed by atoms with Gasteiger partial charge in [0.05, 0.1) is 18.5 Å². The van der Waals surface area contributed by atoms with Gasteiger partial charge in [0.1, 0.15) is 5.75 Å². The van der Waals surface area contributed by atoms with Crippen LogP contribution in [0.4, 0.5) is 11.4 Å². The number of para-hydroxylation sites is 2. The Kier molecular flexibility index (Phi) is 4.02. The summed E-state index contributed by atoms with van der Waals surface area (Å²) in [6.45, 7) is 1.87. The first-order valence-electron chi connectivity index (χ1n) is 7.46. The second-order valence-electron chi connectivity index (χ2n) is 5.53. The number of carbonyl (C=O) groups excluding carboxylic acids is 2. The van der Waals surface area contributed by atoms with Gasteiger partial charge in [0, 0.05) is 18.0 Å². The highest BCUT2D eigenvalue weighted by atomic mass is 16.5. The zero-order valence-corrected chi connectivity index (χ0v) is 13.1. The van der Waals surface area contributed by atoms with E-state index >= 15 is 0 Å². The van der Waals surface area contributed by atoms with E-state index in [4.69, 9.17) is 4.74 Å². The minimum atomic E-state index is -0.239. The van der Waals surface area contributed by atoms with Gasteiger partial charge in [0.25, 0.3) is 5.91 Å². The molecule has 0 spiro atoms. The molecule has 1 N–H and O–H groups in total. The molecule has 5 heteroatoms. The van der Waals surface area contributed by atoms with Crippen molar-refractivity contribution in [2.75, 3.05) is 17.3 Å². The Hall–Kier alpha value is -2.82. The molecule has 0 aliphatic carbocycles. The number of hydrogen-bond acceptors (Lipinski definition) is 3. The van der Waals surface area contributed by atoms with E-state index in [0.29, 0.717) is 22.7 Å². The molecule has 0 fully saturated rings. The van der Waals surface area contributed by atoms with Crippen molar-refractivity contribution in [1.29, 1.82) is 0 Å². The molecular formula is C18H18N2O3. The van der Waals surface area contributed by atoms with Gasteiger partial charge in [-0.3, -0.25) is 9.59 Å². The number of amides is 2. The Morgan fingerprint density at radius 3 is 2.78 bits per heavy atom. The minimum Gasteiger partial charge on any atom is -0.497 e. The van der Waals surface area contributed by atoms with E-state index < -0.39 is 0 Å². The first kappa shape index (κ1) is 15.1. The predicted octanol–water partition coefficient (Wildman–Crippen LogP) is 3.07. The SMILES string of the molecule is COc1cccc(C(=O)N2c3ccccc3NC(=O)C[C@@H]2C)c1. The minimum absolute atomic E-state index is 0.0918. The molecule has 0 bridgehead atoms. The lowest BCUT2D eigenvalue weighted by Gasteiger charge is -2.28. The molecule has 0 saturated heterocycles. The molecule has 2 amide bonds. The van der Waals surface area contributed by atoms with Crippen molar-refractivity contribution in [3.63, 3.8) is 0 Å². The van der Waals surface area contributed by atoms with Crippen molar-refractivity contribution in [1.82, 2.24) is 0 Å². The maximum atomic E-state index is 13.0. The van der Waals surface area contributed by atoms with Gasteiger partial charge in [-0.2, -0.15) is 0 Å². The van der Waals surface area contributed by atoms with E-state index in [9.17, 15) is 9.59 Å². The third-order valence-electron chi connectivity index (χ3n) is 3.89. The summed E-state index contributed by atoms with van der Waals surface area (Å²) >= 11 is 0. The first-order valence-corrected chi connectivity index (χ1v) is 7.46. The van der Waals surface area contributed by atoms with Crippen LogP contribution in [0.3, 0.4) is 0 Å². The zero-order valence-electron chi connectivity index (χ0n) is 13.1. The van der Waals surface area contributed by atoms with Crippen molar-refractivity contribution < 1.29 is 14.3 Å². The van der Waals surface area contributed by atoms with Crippen molar-refractivity contribution >= 4 is 23.2 Å². The summed E-state index contributed by atoms with van der Waals surface area (Å²) in [5, 5.41) is 2.85. The van der Waals surface area contributed by atoms with Gasteiger partial charge >= 0.3 is 0 Å². The van der Waals surface area contributed by atoms with Gasteiger partial charge in [0.15, 0.2) is 0 Å². The molecule has 3 rings (SSSR count). The van der Waals surface area contributed by atoms with E-state index in [1.165, 1.54) is 0 Å². The summed E-state index contributed by atoms with van der Waals surface area (Å²) in [5.41, 5.74) is 1.89. The predicted molar refractivity (Wildman–Crippen MR) is 89.0 cm³/mol. The van der Waals surface area contributed by atoms with E-state index in [0.717, 1.165) is 0 Å². The molecule has 1 atom stereocenters. The molecule has 2 aromatic carbocycles. The van der Waals surface area contributed by atoms with Crippen molar-refractivity contribution in [3.05, 3.63) is 54.1 Å². The van der Waals surface area contributed by atoms with Crippen LogP contribution in [0.1, 0.15) is 23.7 Å². The summed E-state index contributed by atoms with van der Waals surface area (Å²) in [6, 6.07) is 14.1. The van der Waals surface area contributed by atoms with Crippen LogP contribution in [0.2, 0.25) is 0 Å². The molecule has 1 aliphatic heterocycles. The molecule has 23 heavy (non-hydrogen) atoms. The smallest absolute Gasteiger partial charge is 0.258 e. The van der Waals surface area contributed by atoms with E-state index in [-0.39, 0.29) is 24.3 Å². The standard InChI is InChI=1S/C18H18N2O3/c1-12-10-17(21)19-15-8-3-4-9-16(15)20(12)18(22)13-6-5-7-14(11-13)23-2/h3-9,11-12H,10H2,1-2H3,(H,19,21)/t12-/m0/s1. The molecule has 0 unspecified atom stereocenters. The fourth-order valence-electron chi connectivity index (χ4n) is 2.79. The van der Waals surface area contributed by atoms with Gasteiger partial charge in [0.2, 0.25) is 5.91 Å². The zero-order chi connectivity index (χ0) is 16.4. The average Bonchev–Trinajstić information content (AvgIpc) is 2.68. The number of hydrogen-bond donors (Lipinski definition) is 1. The molecule has 0 aromatic heterocycles. The van der Waals surface area contributed by atoms with Crippen molar-refractivity contribution in [3.8, 4) is 5.75 Å². The second kappa shape index (κ2) is 6.12. The molecule has 1 heterocycles. The van der Waals surface area contributed by atoms with E-state index in [1.807, 2.05) is 25.1 Å². The number of nitrogens with one attached hydrogen (secondary N) is 1. The average molecular weight is 310 g/mol. The lowest BCUT2D eigenvalue weighted by molar-refractivity contribution is -0.116. The molecule has 118 valence electrons. The highest BCUT2D eigenvalue weighted by Crippen LogP contribution is 2.32. The third-order valence-corrected chi connectivity index (χ3v) is 3.89. The number of fused-ring (bicyclic) bond motifs is 1. The largest absolute Gasteiger partial charge is 0.497 e. The number of ether oxygens (including phenoxy) is 1. The summed E-state index contributed by atoms with van der Waals surface area (Å²) in [5.74, 6) is 0.382. The topological polar surface area (TPSA) is 58.6 Å². The Morgan fingerprint density at radius 1 is 1.22 bits per heavy atom. The van der Waals surface area contributed by atoms with Gasteiger partial charge < -0.3 is 15.0 Å². The van der Waals surface area contributed by atoms with Gasteiger partial charge in [-0.15, -0.1) is 0 Å². The molecule has 1 aliphatic rings. The number of rotatable bonds is 2. The second-order valence-corrected chi connectivity index (χ2v) is 5.53. The quantitative estimate of drug-likeness (QED) is 0.927. The van der Waals surface area contributed by atoms with Crippen LogP contribution in [-0.4, -0.2) is 25.0 Å². The number of methoxy groups -OCH3 is 1. The maximum Gasteiger partial charge on any atom is 0.258 e. The third kappa shape index (κ3) is 2.90. The first-order chi connectivity index (χ1) is 11.1. The summed E-state index contributed by atoms with van der Waals surface area (Å²) < 4.78 is 5.19. The normalized spacial score (nSPS) is 17.0. The molecule has 0 radical (unpaired) electrons. The Balaban J connectivity index is 2.05. The van der Waals surface area contributed by atoms with Crippen molar-refractivity contribution in [2.45, 2.75) is 19.4 Å². The van der Waals surface area contributed by atoms with E-state index in [2.05, 4.69) is 5.32 Å². The number of carbonyl (C=O) groups is 2. The highest BCUT2D eigenvalue weighted by Gasteiger charge is 2.30. The molecule has 2 aromatic rings. The van der Waals surface area contributed by atoms with Crippen LogP contribution < -0.4 is 15.0 Å². The lowest BCUT2D eigenvalue weighted by Crippen LogP contribution is -2.39. The van der Waals surface area contributed by atoms with Gasteiger partial charge in [-0.25, -0.2) is 0 Å². The van der Waals surface area contributed by atoms with Crippen LogP contribution in [0.25, 0.3) is 0 Å². The lowest BCUT2D eigenvalue weighted by atomic mass is 10.1. The monoisotopic (exact) mass is 310 g/mol. The van der Waals surface area contributed by atoms with Crippen LogP contribution >= 0.6 is 0 Å². The number of benzene rings is 2. The fourth-order valence-corrected chi connectivity index (χ4v) is 2.79. The van der Waals surface area contributed by atoms with Gasteiger partial charge in [-0.1, -0.05) is 18.2 Å². The van der Waals surface area contributed by atoms with Crippen LogP contribution in [0, 0.1) is 0 Å². The Labute approximate surface area is 134 Å². The Bertz CT molecular complexity index is 757. The van der Waals surface area contributed by atoms with Crippen LogP contribution in [0.15, 0.2) is 48.5 Å². The number of anilines is 2. The van der Waals surface area contributed by atoms with Crippen LogP contribution in [0.5, 0.6) is 5.75 Å². The Morgan fingerprint density at radius 2 is 2.00 bits per heavy atom. The number of nitrogens with zero attached hydrogens (tertiary/aromatic N) is 1. The fraction of sp³-hybridized carbons (Fsp3) is 0.222. The molecular weight excluding hydrogens is 292 g/mol. The summed E-state index contributed by atoms with van der Waals surface area (Å²) in [6.07, 6.45) is 0.254. The van der Waals surface area contributed by atoms with E-state index in [1.54, 1.807) is 42.3 Å². The van der Waals surface area contributed by atoms with Gasteiger partial charge in [-0.05, 0) is 37.3 Å². The summed E-state index contributed by atoms with van der Waals surface area (Å²) in [4.78, 5) is 26.7. The summed E-state index contributed by atoms with van der Waals surface area (Å²) in [7, 11) is 1.57. The maximum absolute atomic E-state index is 13.0. The van der Waals surface area contributed by atoms with Crippen molar-refractivity contribution in [2.24, 2.45) is 0 Å².